The number of carboxylic acid groups (broad SMARTS) is 1. The van der Waals surface area contributed by atoms with E-state index in [1.165, 1.54) is 0 Å². The van der Waals surface area contributed by atoms with Crippen molar-refractivity contribution in [2.45, 2.75) is 32.6 Å². The van der Waals surface area contributed by atoms with Crippen LogP contribution in [0.25, 0.3) is 0 Å². The highest BCUT2D eigenvalue weighted by atomic mass is 16.4. The molecule has 4 heteroatoms. The molecular formula is C15H21NO3. The molecule has 0 bridgehead atoms. The van der Waals surface area contributed by atoms with E-state index in [1.807, 2.05) is 37.3 Å². The molecule has 1 aromatic carbocycles. The summed E-state index contributed by atoms with van der Waals surface area (Å²) in [5.74, 6) is -1.76. The van der Waals surface area contributed by atoms with Crippen LogP contribution in [0.1, 0.15) is 38.2 Å². The lowest BCUT2D eigenvalue weighted by atomic mass is 9.93. The summed E-state index contributed by atoms with van der Waals surface area (Å²) in [6, 6.07) is 9.59. The van der Waals surface area contributed by atoms with Gasteiger partial charge in [0.15, 0.2) is 0 Å². The van der Waals surface area contributed by atoms with E-state index in [9.17, 15) is 9.59 Å². The molecule has 0 aromatic heterocycles. The summed E-state index contributed by atoms with van der Waals surface area (Å²) < 4.78 is 0. The van der Waals surface area contributed by atoms with Crippen molar-refractivity contribution >= 4 is 11.9 Å². The second-order valence-electron chi connectivity index (χ2n) is 4.74. The van der Waals surface area contributed by atoms with Crippen LogP contribution in [-0.4, -0.2) is 23.5 Å². The number of benzene rings is 1. The van der Waals surface area contributed by atoms with Gasteiger partial charge < -0.3 is 10.4 Å². The Kier molecular flexibility index (Phi) is 6.06. The molecule has 0 aliphatic carbocycles. The summed E-state index contributed by atoms with van der Waals surface area (Å²) in [7, 11) is 0. The molecule has 1 amide bonds. The summed E-state index contributed by atoms with van der Waals surface area (Å²) in [6.07, 6.45) is 1.67. The molecule has 2 N–H and O–H groups in total. The lowest BCUT2D eigenvalue weighted by Gasteiger charge is -2.17. The number of carboxylic acids is 1. The topological polar surface area (TPSA) is 66.4 Å². The average Bonchev–Trinajstić information content (AvgIpc) is 2.42. The van der Waals surface area contributed by atoms with Crippen molar-refractivity contribution in [1.29, 1.82) is 0 Å². The molecule has 1 rings (SSSR count). The molecular weight excluding hydrogens is 242 g/mol. The van der Waals surface area contributed by atoms with Crippen LogP contribution < -0.4 is 5.32 Å². The van der Waals surface area contributed by atoms with Crippen LogP contribution in [0.2, 0.25) is 0 Å². The molecule has 1 aromatic rings. The van der Waals surface area contributed by atoms with Gasteiger partial charge in [-0.3, -0.25) is 9.59 Å². The van der Waals surface area contributed by atoms with Crippen molar-refractivity contribution in [2.24, 2.45) is 5.92 Å². The Morgan fingerprint density at radius 2 is 1.89 bits per heavy atom. The van der Waals surface area contributed by atoms with Crippen molar-refractivity contribution in [3.8, 4) is 0 Å². The highest BCUT2D eigenvalue weighted by Crippen LogP contribution is 2.21. The van der Waals surface area contributed by atoms with Crippen LogP contribution in [0.15, 0.2) is 30.3 Å². The number of carbonyl (C=O) groups excluding carboxylic acids is 1. The van der Waals surface area contributed by atoms with Gasteiger partial charge >= 0.3 is 5.97 Å². The number of hydrogen-bond acceptors (Lipinski definition) is 2. The van der Waals surface area contributed by atoms with Gasteiger partial charge in [-0.05, 0) is 12.0 Å². The normalized spacial score (nSPS) is 13.6. The quantitative estimate of drug-likeness (QED) is 0.794. The van der Waals surface area contributed by atoms with Crippen LogP contribution in [0.5, 0.6) is 0 Å². The van der Waals surface area contributed by atoms with Gasteiger partial charge in [0.05, 0.1) is 11.8 Å². The fourth-order valence-electron chi connectivity index (χ4n) is 1.89. The Labute approximate surface area is 113 Å². The minimum absolute atomic E-state index is 0.0962. The van der Waals surface area contributed by atoms with E-state index in [4.69, 9.17) is 5.11 Å². The van der Waals surface area contributed by atoms with Crippen molar-refractivity contribution in [1.82, 2.24) is 5.32 Å². The molecule has 0 aliphatic rings. The summed E-state index contributed by atoms with van der Waals surface area (Å²) in [5, 5.41) is 11.5. The molecule has 2 unspecified atom stereocenters. The number of rotatable bonds is 7. The minimum atomic E-state index is -0.896. The third kappa shape index (κ3) is 4.73. The molecule has 4 nitrogen and oxygen atoms in total. The standard InChI is InChI=1S/C15H21NO3/c1-3-7-13(12-8-5-4-6-9-12)14(17)16-10-11(2)15(18)19/h4-6,8-9,11,13H,3,7,10H2,1-2H3,(H,16,17)(H,18,19). The Hall–Kier alpha value is -1.84. The van der Waals surface area contributed by atoms with E-state index in [1.54, 1.807) is 6.92 Å². The molecule has 0 fully saturated rings. The maximum absolute atomic E-state index is 12.2. The van der Waals surface area contributed by atoms with Gasteiger partial charge in [-0.1, -0.05) is 50.6 Å². The number of amides is 1. The monoisotopic (exact) mass is 263 g/mol. The lowest BCUT2D eigenvalue weighted by molar-refractivity contribution is -0.141. The van der Waals surface area contributed by atoms with Gasteiger partial charge in [-0.2, -0.15) is 0 Å². The van der Waals surface area contributed by atoms with Crippen molar-refractivity contribution in [3.05, 3.63) is 35.9 Å². The Balaban J connectivity index is 2.66. The smallest absolute Gasteiger partial charge is 0.308 e. The van der Waals surface area contributed by atoms with Crippen molar-refractivity contribution in [2.75, 3.05) is 6.54 Å². The van der Waals surface area contributed by atoms with Gasteiger partial charge in [-0.25, -0.2) is 0 Å². The first-order valence-electron chi connectivity index (χ1n) is 6.61. The first kappa shape index (κ1) is 15.2. The van der Waals surface area contributed by atoms with E-state index in [-0.39, 0.29) is 18.4 Å². The molecule has 0 radical (unpaired) electrons. The Morgan fingerprint density at radius 1 is 1.26 bits per heavy atom. The second-order valence-corrected chi connectivity index (χ2v) is 4.74. The lowest BCUT2D eigenvalue weighted by Crippen LogP contribution is -2.35. The summed E-state index contributed by atoms with van der Waals surface area (Å²) in [6.45, 7) is 3.78. The highest BCUT2D eigenvalue weighted by molar-refractivity contribution is 5.84. The maximum Gasteiger partial charge on any atom is 0.308 e. The van der Waals surface area contributed by atoms with E-state index in [2.05, 4.69) is 5.32 Å². The number of nitrogens with one attached hydrogen (secondary N) is 1. The molecule has 0 aliphatic heterocycles. The SMILES string of the molecule is CCCC(C(=O)NCC(C)C(=O)O)c1ccccc1. The molecule has 0 spiro atoms. The van der Waals surface area contributed by atoms with E-state index in [0.29, 0.717) is 0 Å². The summed E-state index contributed by atoms with van der Waals surface area (Å²) in [4.78, 5) is 22.9. The minimum Gasteiger partial charge on any atom is -0.481 e. The third-order valence-electron chi connectivity index (χ3n) is 3.10. The van der Waals surface area contributed by atoms with Crippen molar-refractivity contribution < 1.29 is 14.7 Å². The Morgan fingerprint density at radius 3 is 2.42 bits per heavy atom. The van der Waals surface area contributed by atoms with E-state index < -0.39 is 11.9 Å². The van der Waals surface area contributed by atoms with Crippen molar-refractivity contribution in [3.63, 3.8) is 0 Å². The molecule has 2 atom stereocenters. The molecule has 19 heavy (non-hydrogen) atoms. The van der Waals surface area contributed by atoms with Crippen LogP contribution in [0.4, 0.5) is 0 Å². The Bertz CT molecular complexity index is 417. The van der Waals surface area contributed by atoms with Crippen LogP contribution in [0.3, 0.4) is 0 Å². The maximum atomic E-state index is 12.2. The first-order valence-corrected chi connectivity index (χ1v) is 6.61. The van der Waals surface area contributed by atoms with Gasteiger partial charge in [0.2, 0.25) is 5.91 Å². The zero-order valence-corrected chi connectivity index (χ0v) is 11.4. The van der Waals surface area contributed by atoms with Crippen LogP contribution in [-0.2, 0) is 9.59 Å². The number of carbonyl (C=O) groups is 2. The fourth-order valence-corrected chi connectivity index (χ4v) is 1.89. The second kappa shape index (κ2) is 7.56. The van der Waals surface area contributed by atoms with Gasteiger partial charge in [0.25, 0.3) is 0 Å². The van der Waals surface area contributed by atoms with Gasteiger partial charge in [0.1, 0.15) is 0 Å². The highest BCUT2D eigenvalue weighted by Gasteiger charge is 2.20. The van der Waals surface area contributed by atoms with E-state index in [0.717, 1.165) is 18.4 Å². The predicted octanol–water partition coefficient (Wildman–Crippen LogP) is 2.41. The number of hydrogen-bond donors (Lipinski definition) is 2. The zero-order chi connectivity index (χ0) is 14.3. The summed E-state index contributed by atoms with van der Waals surface area (Å²) >= 11 is 0. The first-order chi connectivity index (χ1) is 9.06. The zero-order valence-electron chi connectivity index (χ0n) is 11.4. The molecule has 0 saturated heterocycles. The summed E-state index contributed by atoms with van der Waals surface area (Å²) in [5.41, 5.74) is 0.977. The number of aliphatic carboxylic acids is 1. The average molecular weight is 263 g/mol. The predicted molar refractivity (Wildman–Crippen MR) is 73.9 cm³/mol. The van der Waals surface area contributed by atoms with Crippen LogP contribution >= 0.6 is 0 Å². The molecule has 0 saturated carbocycles. The van der Waals surface area contributed by atoms with E-state index >= 15 is 0 Å². The fraction of sp³-hybridized carbons (Fsp3) is 0.467. The van der Waals surface area contributed by atoms with Gasteiger partial charge in [0, 0.05) is 6.54 Å². The molecule has 104 valence electrons. The molecule has 0 heterocycles. The van der Waals surface area contributed by atoms with Gasteiger partial charge in [-0.15, -0.1) is 0 Å². The van der Waals surface area contributed by atoms with Crippen LogP contribution in [0, 0.1) is 5.92 Å². The third-order valence-corrected chi connectivity index (χ3v) is 3.10. The largest absolute Gasteiger partial charge is 0.481 e.